The zero-order valence-corrected chi connectivity index (χ0v) is 15.6. The largest absolute Gasteiger partial charge is 0.463 e. The Morgan fingerprint density at radius 2 is 1.84 bits per heavy atom. The maximum Gasteiger partial charge on any atom is 0.408 e. The summed E-state index contributed by atoms with van der Waals surface area (Å²) in [5, 5.41) is 2.79. The van der Waals surface area contributed by atoms with E-state index < -0.39 is 23.7 Å². The molecule has 1 rings (SSSR count). The molecule has 2 radical (unpaired) electrons. The van der Waals surface area contributed by atoms with E-state index in [2.05, 4.69) is 5.32 Å². The van der Waals surface area contributed by atoms with Crippen LogP contribution in [0.3, 0.4) is 0 Å². The van der Waals surface area contributed by atoms with Crippen molar-refractivity contribution in [1.82, 2.24) is 5.32 Å². The van der Waals surface area contributed by atoms with E-state index in [0.29, 0.717) is 24.1 Å². The first kappa shape index (κ1) is 20.8. The molecule has 1 aromatic carbocycles. The summed E-state index contributed by atoms with van der Waals surface area (Å²) in [6, 6.07) is 6.94. The van der Waals surface area contributed by atoms with Gasteiger partial charge in [0.1, 0.15) is 13.4 Å². The molecule has 25 heavy (non-hydrogen) atoms. The smallest absolute Gasteiger partial charge is 0.408 e. The van der Waals surface area contributed by atoms with Gasteiger partial charge in [0.15, 0.2) is 0 Å². The number of hydrogen-bond donors (Lipinski definition) is 1. The van der Waals surface area contributed by atoms with Crippen molar-refractivity contribution in [3.8, 4) is 0 Å². The van der Waals surface area contributed by atoms with Crippen LogP contribution in [0.15, 0.2) is 35.9 Å². The van der Waals surface area contributed by atoms with Crippen molar-refractivity contribution in [2.45, 2.75) is 52.7 Å². The Morgan fingerprint density at radius 3 is 2.36 bits per heavy atom. The standard InChI is InChI=1S/C19H26BNO4/c1-6-24-17(22)13(2)11-16(21-18(23)25-19(3,4)5)12-14-7-9-15(20)10-8-14/h7-11,16H,6,12H2,1-5H3,(H,21,23)/b13-11+/t16-/m0/s1. The van der Waals surface area contributed by atoms with Gasteiger partial charge in [-0.1, -0.05) is 35.8 Å². The highest BCUT2D eigenvalue weighted by Gasteiger charge is 2.20. The van der Waals surface area contributed by atoms with E-state index >= 15 is 0 Å². The predicted molar refractivity (Wildman–Crippen MR) is 99.1 cm³/mol. The van der Waals surface area contributed by atoms with Crippen molar-refractivity contribution in [3.63, 3.8) is 0 Å². The molecule has 0 fully saturated rings. The minimum atomic E-state index is -0.601. The molecule has 0 bridgehead atoms. The molecule has 6 heteroatoms. The molecule has 5 nitrogen and oxygen atoms in total. The second-order valence-electron chi connectivity index (χ2n) is 6.77. The van der Waals surface area contributed by atoms with Gasteiger partial charge in [-0.05, 0) is 46.6 Å². The zero-order chi connectivity index (χ0) is 19.0. The Bertz CT molecular complexity index is 617. The topological polar surface area (TPSA) is 64.6 Å². The summed E-state index contributed by atoms with van der Waals surface area (Å²) in [5.74, 6) is -0.407. The van der Waals surface area contributed by atoms with Gasteiger partial charge in [-0.15, -0.1) is 0 Å². The second kappa shape index (κ2) is 9.30. The van der Waals surface area contributed by atoms with Crippen LogP contribution in [0.4, 0.5) is 4.79 Å². The maximum atomic E-state index is 12.1. The normalized spacial score (nSPS) is 13.1. The van der Waals surface area contributed by atoms with E-state index in [4.69, 9.17) is 17.3 Å². The molecule has 134 valence electrons. The lowest BCUT2D eigenvalue weighted by atomic mass is 9.93. The predicted octanol–water partition coefficient (Wildman–Crippen LogP) is 2.43. The molecule has 0 aliphatic carbocycles. The minimum absolute atomic E-state index is 0.298. The molecular weight excluding hydrogens is 317 g/mol. The fourth-order valence-corrected chi connectivity index (χ4v) is 2.13. The lowest BCUT2D eigenvalue weighted by Crippen LogP contribution is -2.39. The van der Waals surface area contributed by atoms with E-state index in [9.17, 15) is 9.59 Å². The van der Waals surface area contributed by atoms with E-state index in [1.807, 2.05) is 12.1 Å². The SMILES string of the molecule is [B]c1ccc(C[C@H](/C=C(\C)C(=O)OCC)NC(=O)OC(C)(C)C)cc1. The molecule has 0 saturated heterocycles. The second-order valence-corrected chi connectivity index (χ2v) is 6.77. The zero-order valence-electron chi connectivity index (χ0n) is 15.6. The molecule has 1 amide bonds. The number of amides is 1. The molecule has 1 aromatic rings. The first-order valence-electron chi connectivity index (χ1n) is 8.30. The third-order valence-electron chi connectivity index (χ3n) is 3.19. The first-order chi connectivity index (χ1) is 11.6. The molecule has 1 atom stereocenters. The third kappa shape index (κ3) is 8.43. The average Bonchev–Trinajstić information content (AvgIpc) is 2.47. The summed E-state index contributed by atoms with van der Waals surface area (Å²) in [4.78, 5) is 23.9. The van der Waals surface area contributed by atoms with Crippen LogP contribution in [0.5, 0.6) is 0 Å². The Kier molecular flexibility index (Phi) is 7.74. The van der Waals surface area contributed by atoms with E-state index in [0.717, 1.165) is 5.56 Å². The summed E-state index contributed by atoms with van der Waals surface area (Å²) >= 11 is 0. The van der Waals surface area contributed by atoms with Crippen molar-refractivity contribution in [2.24, 2.45) is 0 Å². The fraction of sp³-hybridized carbons (Fsp3) is 0.474. The van der Waals surface area contributed by atoms with Crippen LogP contribution in [0.1, 0.15) is 40.2 Å². The monoisotopic (exact) mass is 343 g/mol. The van der Waals surface area contributed by atoms with E-state index in [1.54, 1.807) is 52.8 Å². The summed E-state index contributed by atoms with van der Waals surface area (Å²) in [6.07, 6.45) is 1.63. The van der Waals surface area contributed by atoms with E-state index in [1.165, 1.54) is 0 Å². The van der Waals surface area contributed by atoms with E-state index in [-0.39, 0.29) is 0 Å². The molecule has 0 aliphatic heterocycles. The molecule has 0 heterocycles. The number of carbonyl (C=O) groups excluding carboxylic acids is 2. The van der Waals surface area contributed by atoms with Gasteiger partial charge >= 0.3 is 12.1 Å². The van der Waals surface area contributed by atoms with Crippen LogP contribution in [0.2, 0.25) is 0 Å². The average molecular weight is 343 g/mol. The Hall–Kier alpha value is -2.24. The highest BCUT2D eigenvalue weighted by Crippen LogP contribution is 2.10. The number of rotatable bonds is 6. The maximum absolute atomic E-state index is 12.1. The summed E-state index contributed by atoms with van der Waals surface area (Å²) in [6.45, 7) is 9.08. The first-order valence-corrected chi connectivity index (χ1v) is 8.30. The number of nitrogens with one attached hydrogen (secondary N) is 1. The minimum Gasteiger partial charge on any atom is -0.463 e. The molecule has 1 N–H and O–H groups in total. The molecule has 0 aromatic heterocycles. The van der Waals surface area contributed by atoms with Gasteiger partial charge in [0.2, 0.25) is 0 Å². The quantitative estimate of drug-likeness (QED) is 0.489. The molecule has 0 spiro atoms. The van der Waals surface area contributed by atoms with Crippen LogP contribution in [-0.4, -0.2) is 38.2 Å². The fourth-order valence-electron chi connectivity index (χ4n) is 2.13. The molecule has 0 unspecified atom stereocenters. The van der Waals surface area contributed by atoms with Gasteiger partial charge in [-0.25, -0.2) is 9.59 Å². The molecule has 0 aliphatic rings. The summed E-state index contributed by atoms with van der Waals surface area (Å²) in [5.41, 5.74) is 1.47. The lowest BCUT2D eigenvalue weighted by Gasteiger charge is -2.22. The van der Waals surface area contributed by atoms with Gasteiger partial charge < -0.3 is 14.8 Å². The number of benzene rings is 1. The van der Waals surface area contributed by atoms with Crippen LogP contribution in [0, 0.1) is 0 Å². The van der Waals surface area contributed by atoms with Crippen molar-refractivity contribution >= 4 is 25.4 Å². The number of hydrogen-bond acceptors (Lipinski definition) is 4. The van der Waals surface area contributed by atoms with Crippen LogP contribution in [0.25, 0.3) is 0 Å². The summed E-state index contributed by atoms with van der Waals surface area (Å²) in [7, 11) is 5.70. The number of carbonyl (C=O) groups is 2. The van der Waals surface area contributed by atoms with Gasteiger partial charge in [0.05, 0.1) is 12.6 Å². The van der Waals surface area contributed by atoms with Crippen molar-refractivity contribution in [2.75, 3.05) is 6.61 Å². The van der Waals surface area contributed by atoms with Crippen molar-refractivity contribution < 1.29 is 19.1 Å². The van der Waals surface area contributed by atoms with Crippen molar-refractivity contribution in [1.29, 1.82) is 0 Å². The summed E-state index contributed by atoms with van der Waals surface area (Å²) < 4.78 is 10.3. The highest BCUT2D eigenvalue weighted by molar-refractivity contribution is 6.32. The third-order valence-corrected chi connectivity index (χ3v) is 3.19. The van der Waals surface area contributed by atoms with Crippen LogP contribution in [-0.2, 0) is 20.7 Å². The Labute approximate surface area is 151 Å². The molecular formula is C19H26BNO4. The number of ether oxygens (including phenoxy) is 2. The van der Waals surface area contributed by atoms with Crippen LogP contribution < -0.4 is 10.8 Å². The Balaban J connectivity index is 2.92. The van der Waals surface area contributed by atoms with Crippen LogP contribution >= 0.6 is 0 Å². The van der Waals surface area contributed by atoms with Gasteiger partial charge in [0, 0.05) is 5.57 Å². The van der Waals surface area contributed by atoms with Crippen molar-refractivity contribution in [3.05, 3.63) is 41.5 Å². The van der Waals surface area contributed by atoms with Gasteiger partial charge in [0.25, 0.3) is 0 Å². The number of alkyl carbamates (subject to hydrolysis) is 1. The van der Waals surface area contributed by atoms with Gasteiger partial charge in [-0.3, -0.25) is 0 Å². The van der Waals surface area contributed by atoms with Gasteiger partial charge in [-0.2, -0.15) is 0 Å². The Morgan fingerprint density at radius 1 is 1.24 bits per heavy atom. The highest BCUT2D eigenvalue weighted by atomic mass is 16.6. The molecule has 0 saturated carbocycles. The number of esters is 1. The lowest BCUT2D eigenvalue weighted by molar-refractivity contribution is -0.138.